The van der Waals surface area contributed by atoms with Crippen LogP contribution in [0.1, 0.15) is 37.6 Å². The molecule has 0 aromatic heterocycles. The minimum Gasteiger partial charge on any atom is -0.504 e. The van der Waals surface area contributed by atoms with Gasteiger partial charge in [0.1, 0.15) is 0 Å². The van der Waals surface area contributed by atoms with Crippen LogP contribution in [0.25, 0.3) is 0 Å². The summed E-state index contributed by atoms with van der Waals surface area (Å²) < 4.78 is 0. The van der Waals surface area contributed by atoms with Crippen molar-refractivity contribution in [2.45, 2.75) is 27.2 Å². The van der Waals surface area contributed by atoms with Crippen LogP contribution < -0.4 is 0 Å². The van der Waals surface area contributed by atoms with E-state index in [1.54, 1.807) is 11.0 Å². The Labute approximate surface area is 108 Å². The van der Waals surface area contributed by atoms with Crippen LogP contribution in [-0.4, -0.2) is 34.1 Å². The van der Waals surface area contributed by atoms with Gasteiger partial charge in [0.2, 0.25) is 0 Å². The SMILES string of the molecule is CCC(C)CN(CC)C(=O)c1cccc(O)c1O. The molecule has 0 radical (unpaired) electrons. The molecular weight excluding hydrogens is 230 g/mol. The zero-order valence-corrected chi connectivity index (χ0v) is 11.2. The fourth-order valence-electron chi connectivity index (χ4n) is 1.74. The molecule has 1 atom stereocenters. The quantitative estimate of drug-likeness (QED) is 0.791. The summed E-state index contributed by atoms with van der Waals surface area (Å²) in [4.78, 5) is 13.9. The highest BCUT2D eigenvalue weighted by Crippen LogP contribution is 2.29. The molecule has 0 bridgehead atoms. The zero-order valence-electron chi connectivity index (χ0n) is 11.2. The maximum atomic E-state index is 12.3. The molecule has 1 unspecified atom stereocenters. The Bertz CT molecular complexity index is 418. The van der Waals surface area contributed by atoms with E-state index >= 15 is 0 Å². The van der Waals surface area contributed by atoms with Gasteiger partial charge < -0.3 is 15.1 Å². The van der Waals surface area contributed by atoms with Crippen LogP contribution in [0.4, 0.5) is 0 Å². The molecule has 100 valence electrons. The molecule has 4 heteroatoms. The van der Waals surface area contributed by atoms with E-state index in [9.17, 15) is 15.0 Å². The van der Waals surface area contributed by atoms with E-state index < -0.39 is 0 Å². The van der Waals surface area contributed by atoms with Crippen molar-refractivity contribution >= 4 is 5.91 Å². The lowest BCUT2D eigenvalue weighted by Crippen LogP contribution is -2.34. The van der Waals surface area contributed by atoms with Crippen LogP contribution in [0.3, 0.4) is 0 Å². The molecule has 0 aliphatic heterocycles. The van der Waals surface area contributed by atoms with E-state index in [2.05, 4.69) is 13.8 Å². The van der Waals surface area contributed by atoms with Crippen molar-refractivity contribution < 1.29 is 15.0 Å². The molecule has 2 N–H and O–H groups in total. The van der Waals surface area contributed by atoms with Crippen molar-refractivity contribution in [3.63, 3.8) is 0 Å². The third kappa shape index (κ3) is 3.15. The van der Waals surface area contributed by atoms with Crippen LogP contribution in [0, 0.1) is 5.92 Å². The molecule has 0 spiro atoms. The summed E-state index contributed by atoms with van der Waals surface area (Å²) in [5.41, 5.74) is 0.153. The van der Waals surface area contributed by atoms with Crippen LogP contribution in [0.2, 0.25) is 0 Å². The monoisotopic (exact) mass is 251 g/mol. The third-order valence-electron chi connectivity index (χ3n) is 3.14. The number of phenolic OH excluding ortho intramolecular Hbond substituents is 2. The van der Waals surface area contributed by atoms with Gasteiger partial charge in [0.05, 0.1) is 5.56 Å². The molecule has 0 saturated heterocycles. The molecule has 1 aromatic carbocycles. The first-order valence-electron chi connectivity index (χ1n) is 6.31. The molecule has 0 aliphatic rings. The van der Waals surface area contributed by atoms with E-state index in [1.165, 1.54) is 12.1 Å². The molecule has 0 saturated carbocycles. The van der Waals surface area contributed by atoms with E-state index in [4.69, 9.17) is 0 Å². The average molecular weight is 251 g/mol. The van der Waals surface area contributed by atoms with E-state index in [1.807, 2.05) is 6.92 Å². The van der Waals surface area contributed by atoms with Crippen molar-refractivity contribution in [1.29, 1.82) is 0 Å². The lowest BCUT2D eigenvalue weighted by Gasteiger charge is -2.24. The van der Waals surface area contributed by atoms with Gasteiger partial charge in [0, 0.05) is 13.1 Å². The highest BCUT2D eigenvalue weighted by Gasteiger charge is 2.20. The van der Waals surface area contributed by atoms with Crippen molar-refractivity contribution in [2.24, 2.45) is 5.92 Å². The topological polar surface area (TPSA) is 60.8 Å². The van der Waals surface area contributed by atoms with Gasteiger partial charge in [-0.1, -0.05) is 26.3 Å². The number of para-hydroxylation sites is 1. The van der Waals surface area contributed by atoms with Crippen LogP contribution in [-0.2, 0) is 0 Å². The summed E-state index contributed by atoms with van der Waals surface area (Å²) in [6, 6.07) is 4.44. The maximum absolute atomic E-state index is 12.3. The molecule has 4 nitrogen and oxygen atoms in total. The molecule has 1 rings (SSSR count). The van der Waals surface area contributed by atoms with Crippen LogP contribution >= 0.6 is 0 Å². The number of carbonyl (C=O) groups excluding carboxylic acids is 1. The lowest BCUT2D eigenvalue weighted by molar-refractivity contribution is 0.0737. The average Bonchev–Trinajstić information content (AvgIpc) is 2.38. The Morgan fingerprint density at radius 3 is 2.56 bits per heavy atom. The zero-order chi connectivity index (χ0) is 13.7. The van der Waals surface area contributed by atoms with Crippen molar-refractivity contribution in [3.05, 3.63) is 23.8 Å². The summed E-state index contributed by atoms with van der Waals surface area (Å²) in [5, 5.41) is 19.1. The maximum Gasteiger partial charge on any atom is 0.257 e. The van der Waals surface area contributed by atoms with E-state index in [0.717, 1.165) is 6.42 Å². The molecule has 1 amide bonds. The Balaban J connectivity index is 2.93. The van der Waals surface area contributed by atoms with E-state index in [-0.39, 0.29) is 23.0 Å². The summed E-state index contributed by atoms with van der Waals surface area (Å²) in [6.07, 6.45) is 0.996. The Morgan fingerprint density at radius 1 is 1.33 bits per heavy atom. The van der Waals surface area contributed by atoms with Gasteiger partial charge in [0.15, 0.2) is 11.5 Å². The number of nitrogens with zero attached hydrogens (tertiary/aromatic N) is 1. The number of amides is 1. The van der Waals surface area contributed by atoms with Gasteiger partial charge in [0.25, 0.3) is 5.91 Å². The minimum absolute atomic E-state index is 0.153. The lowest BCUT2D eigenvalue weighted by atomic mass is 10.1. The smallest absolute Gasteiger partial charge is 0.257 e. The minimum atomic E-state index is -0.342. The molecule has 18 heavy (non-hydrogen) atoms. The second kappa shape index (κ2) is 6.28. The molecule has 0 fully saturated rings. The molecule has 0 heterocycles. The van der Waals surface area contributed by atoms with Crippen molar-refractivity contribution in [1.82, 2.24) is 4.90 Å². The summed E-state index contributed by atoms with van der Waals surface area (Å²) in [7, 11) is 0. The fourth-order valence-corrected chi connectivity index (χ4v) is 1.74. The standard InChI is InChI=1S/C14H21NO3/c1-4-10(3)9-15(5-2)14(18)11-7-6-8-12(16)13(11)17/h6-8,10,16-17H,4-5,9H2,1-3H3. The van der Waals surface area contributed by atoms with Crippen molar-refractivity contribution in [2.75, 3.05) is 13.1 Å². The number of hydrogen-bond donors (Lipinski definition) is 2. The molecular formula is C14H21NO3. The number of phenols is 2. The van der Waals surface area contributed by atoms with Gasteiger partial charge in [-0.3, -0.25) is 4.79 Å². The largest absolute Gasteiger partial charge is 0.504 e. The van der Waals surface area contributed by atoms with Gasteiger partial charge in [-0.25, -0.2) is 0 Å². The predicted octanol–water partition coefficient (Wildman–Crippen LogP) is 2.61. The molecule has 0 aliphatic carbocycles. The van der Waals surface area contributed by atoms with Crippen molar-refractivity contribution in [3.8, 4) is 11.5 Å². The number of hydrogen-bond acceptors (Lipinski definition) is 3. The van der Waals surface area contributed by atoms with Gasteiger partial charge in [-0.2, -0.15) is 0 Å². The Hall–Kier alpha value is -1.71. The van der Waals surface area contributed by atoms with Gasteiger partial charge in [-0.15, -0.1) is 0 Å². The number of carbonyl (C=O) groups is 1. The highest BCUT2D eigenvalue weighted by molar-refractivity contribution is 5.97. The summed E-state index contributed by atoms with van der Waals surface area (Å²) in [6.45, 7) is 7.30. The van der Waals surface area contributed by atoms with E-state index in [0.29, 0.717) is 19.0 Å². The predicted molar refractivity (Wildman–Crippen MR) is 70.8 cm³/mol. The van der Waals surface area contributed by atoms with Gasteiger partial charge >= 0.3 is 0 Å². The number of rotatable bonds is 5. The fraction of sp³-hybridized carbons (Fsp3) is 0.500. The molecule has 1 aromatic rings. The Kier molecular flexibility index (Phi) is 5.01. The van der Waals surface area contributed by atoms with Gasteiger partial charge in [-0.05, 0) is 25.0 Å². The first-order chi connectivity index (χ1) is 8.51. The number of benzene rings is 1. The first-order valence-corrected chi connectivity index (χ1v) is 6.31. The summed E-state index contributed by atoms with van der Waals surface area (Å²) >= 11 is 0. The Morgan fingerprint density at radius 2 is 2.00 bits per heavy atom. The summed E-state index contributed by atoms with van der Waals surface area (Å²) in [5.74, 6) is -0.440. The van der Waals surface area contributed by atoms with Crippen LogP contribution in [0.5, 0.6) is 11.5 Å². The highest BCUT2D eigenvalue weighted by atomic mass is 16.3. The van der Waals surface area contributed by atoms with Crippen LogP contribution in [0.15, 0.2) is 18.2 Å². The first kappa shape index (κ1) is 14.4. The second-order valence-electron chi connectivity index (χ2n) is 4.53. The normalized spacial score (nSPS) is 12.2. The third-order valence-corrected chi connectivity index (χ3v) is 3.14. The second-order valence-corrected chi connectivity index (χ2v) is 4.53. The number of aromatic hydroxyl groups is 2.